The summed E-state index contributed by atoms with van der Waals surface area (Å²) in [5.74, 6) is 0. The first kappa shape index (κ1) is 10.9. The fourth-order valence-corrected chi connectivity index (χ4v) is 1.98. The number of aromatic nitrogens is 5. The van der Waals surface area contributed by atoms with Crippen LogP contribution in [0.15, 0.2) is 59.7 Å². The summed E-state index contributed by atoms with van der Waals surface area (Å²) in [5, 5.41) is 4.26. The summed E-state index contributed by atoms with van der Waals surface area (Å²) < 4.78 is 7.25. The van der Waals surface area contributed by atoms with E-state index < -0.39 is 0 Å². The summed E-state index contributed by atoms with van der Waals surface area (Å²) in [6, 6.07) is 9.87. The van der Waals surface area contributed by atoms with E-state index in [0.717, 1.165) is 22.4 Å². The van der Waals surface area contributed by atoms with Gasteiger partial charge in [0, 0.05) is 18.0 Å². The Morgan fingerprint density at radius 1 is 1.10 bits per heavy atom. The molecule has 0 radical (unpaired) electrons. The zero-order valence-corrected chi connectivity index (χ0v) is 10.3. The Labute approximate surface area is 113 Å². The Balaban J connectivity index is 1.78. The van der Waals surface area contributed by atoms with Gasteiger partial charge in [0.25, 0.3) is 0 Å². The van der Waals surface area contributed by atoms with Crippen molar-refractivity contribution in [3.05, 3.63) is 55.2 Å². The van der Waals surface area contributed by atoms with Crippen LogP contribution < -0.4 is 0 Å². The zero-order valence-electron chi connectivity index (χ0n) is 10.3. The molecule has 4 aromatic rings. The topological polar surface area (TPSA) is 69.6 Å². The molecule has 20 heavy (non-hydrogen) atoms. The largest absolute Gasteiger partial charge is 0.422 e. The van der Waals surface area contributed by atoms with Gasteiger partial charge in [-0.15, -0.1) is 0 Å². The molecule has 0 amide bonds. The van der Waals surface area contributed by atoms with Gasteiger partial charge in [-0.2, -0.15) is 14.8 Å². The summed E-state index contributed by atoms with van der Waals surface area (Å²) >= 11 is 0. The van der Waals surface area contributed by atoms with Crippen molar-refractivity contribution < 1.29 is 4.42 Å². The summed E-state index contributed by atoms with van der Waals surface area (Å²) in [6.45, 7) is 0. The molecular weight excluding hydrogens is 254 g/mol. The average Bonchev–Trinajstić information content (AvgIpc) is 3.14. The standard InChI is InChI=1S/C14H9N5O/c1-2-4-13-12(3-1)18-14(20-13)19-8-10(7-17-19)11-5-6-15-9-16-11/h1-9H. The van der Waals surface area contributed by atoms with Crippen molar-refractivity contribution in [2.75, 3.05) is 0 Å². The van der Waals surface area contributed by atoms with Crippen molar-refractivity contribution in [3.8, 4) is 17.3 Å². The monoisotopic (exact) mass is 263 g/mol. The minimum Gasteiger partial charge on any atom is -0.422 e. The first-order valence-corrected chi connectivity index (χ1v) is 6.07. The minimum absolute atomic E-state index is 0.437. The van der Waals surface area contributed by atoms with Gasteiger partial charge in [-0.25, -0.2) is 9.97 Å². The van der Waals surface area contributed by atoms with Crippen LogP contribution in [0.5, 0.6) is 0 Å². The minimum atomic E-state index is 0.437. The van der Waals surface area contributed by atoms with E-state index in [4.69, 9.17) is 4.42 Å². The van der Waals surface area contributed by atoms with E-state index >= 15 is 0 Å². The number of hydrogen-bond acceptors (Lipinski definition) is 5. The van der Waals surface area contributed by atoms with Crippen molar-refractivity contribution in [1.29, 1.82) is 0 Å². The van der Waals surface area contributed by atoms with Crippen LogP contribution >= 0.6 is 0 Å². The highest BCUT2D eigenvalue weighted by atomic mass is 16.4. The second-order valence-corrected chi connectivity index (χ2v) is 4.23. The van der Waals surface area contributed by atoms with E-state index in [1.165, 1.54) is 6.33 Å². The van der Waals surface area contributed by atoms with Crippen molar-refractivity contribution >= 4 is 11.1 Å². The molecule has 0 saturated carbocycles. The van der Waals surface area contributed by atoms with Crippen molar-refractivity contribution in [2.24, 2.45) is 0 Å². The number of para-hydroxylation sites is 2. The van der Waals surface area contributed by atoms with E-state index in [0.29, 0.717) is 6.01 Å². The molecule has 0 spiro atoms. The highest BCUT2D eigenvalue weighted by molar-refractivity contribution is 5.73. The Morgan fingerprint density at radius 2 is 2.05 bits per heavy atom. The molecule has 0 atom stereocenters. The normalized spacial score (nSPS) is 11.0. The molecule has 4 rings (SSSR count). The van der Waals surface area contributed by atoms with Gasteiger partial charge in [0.1, 0.15) is 11.8 Å². The molecule has 3 heterocycles. The van der Waals surface area contributed by atoms with Crippen molar-refractivity contribution in [1.82, 2.24) is 24.7 Å². The Morgan fingerprint density at radius 3 is 2.90 bits per heavy atom. The lowest BCUT2D eigenvalue weighted by atomic mass is 10.2. The number of nitrogens with zero attached hydrogens (tertiary/aromatic N) is 5. The van der Waals surface area contributed by atoms with Gasteiger partial charge >= 0.3 is 6.01 Å². The highest BCUT2D eigenvalue weighted by Crippen LogP contribution is 2.20. The molecule has 0 fully saturated rings. The molecule has 6 heteroatoms. The first-order chi connectivity index (χ1) is 9.90. The van der Waals surface area contributed by atoms with Gasteiger partial charge in [0.15, 0.2) is 5.58 Å². The smallest absolute Gasteiger partial charge is 0.323 e. The Hall–Kier alpha value is -3.02. The molecule has 0 aliphatic carbocycles. The first-order valence-electron chi connectivity index (χ1n) is 6.07. The summed E-state index contributed by atoms with van der Waals surface area (Å²) in [7, 11) is 0. The SMILES string of the molecule is c1ccc2oc(-n3cc(-c4ccncn4)cn3)nc2c1. The van der Waals surface area contributed by atoms with Gasteiger partial charge < -0.3 is 4.42 Å². The molecular formula is C14H9N5O. The molecule has 1 aromatic carbocycles. The lowest BCUT2D eigenvalue weighted by Crippen LogP contribution is -1.93. The van der Waals surface area contributed by atoms with Crippen LogP contribution in [0.25, 0.3) is 28.4 Å². The highest BCUT2D eigenvalue weighted by Gasteiger charge is 2.10. The quantitative estimate of drug-likeness (QED) is 0.555. The van der Waals surface area contributed by atoms with Crippen LogP contribution in [-0.2, 0) is 0 Å². The molecule has 0 aliphatic heterocycles. The molecule has 0 N–H and O–H groups in total. The van der Waals surface area contributed by atoms with Gasteiger partial charge in [-0.1, -0.05) is 12.1 Å². The number of rotatable bonds is 2. The van der Waals surface area contributed by atoms with Crippen LogP contribution in [0.1, 0.15) is 0 Å². The maximum Gasteiger partial charge on any atom is 0.323 e. The van der Waals surface area contributed by atoms with Crippen molar-refractivity contribution in [3.63, 3.8) is 0 Å². The lowest BCUT2D eigenvalue weighted by molar-refractivity contribution is 0.543. The number of hydrogen-bond donors (Lipinski definition) is 0. The van der Waals surface area contributed by atoms with Gasteiger partial charge in [-0.05, 0) is 18.2 Å². The fraction of sp³-hybridized carbons (Fsp3) is 0. The summed E-state index contributed by atoms with van der Waals surface area (Å²) in [4.78, 5) is 12.5. The lowest BCUT2D eigenvalue weighted by Gasteiger charge is -1.93. The maximum absolute atomic E-state index is 5.66. The predicted molar refractivity (Wildman–Crippen MR) is 72.2 cm³/mol. The number of benzene rings is 1. The second-order valence-electron chi connectivity index (χ2n) is 4.23. The average molecular weight is 263 g/mol. The van der Waals surface area contributed by atoms with Crippen LogP contribution in [0.2, 0.25) is 0 Å². The molecule has 6 nitrogen and oxygen atoms in total. The maximum atomic E-state index is 5.66. The zero-order chi connectivity index (χ0) is 13.4. The van der Waals surface area contributed by atoms with Crippen LogP contribution in [0.4, 0.5) is 0 Å². The third-order valence-corrected chi connectivity index (χ3v) is 2.94. The Bertz CT molecular complexity index is 832. The van der Waals surface area contributed by atoms with Gasteiger partial charge in [-0.3, -0.25) is 0 Å². The van der Waals surface area contributed by atoms with Crippen molar-refractivity contribution in [2.45, 2.75) is 0 Å². The predicted octanol–water partition coefficient (Wildman–Crippen LogP) is 2.47. The van der Waals surface area contributed by atoms with E-state index in [9.17, 15) is 0 Å². The molecule has 96 valence electrons. The fourth-order valence-electron chi connectivity index (χ4n) is 1.98. The van der Waals surface area contributed by atoms with Crippen LogP contribution in [-0.4, -0.2) is 24.7 Å². The van der Waals surface area contributed by atoms with Gasteiger partial charge in [0.2, 0.25) is 0 Å². The molecule has 0 saturated heterocycles. The summed E-state index contributed by atoms with van der Waals surface area (Å²) in [6.07, 6.45) is 6.75. The number of oxazole rings is 1. The summed E-state index contributed by atoms with van der Waals surface area (Å²) in [5.41, 5.74) is 3.24. The van der Waals surface area contributed by atoms with Gasteiger partial charge in [0.05, 0.1) is 11.9 Å². The second kappa shape index (κ2) is 4.27. The number of fused-ring (bicyclic) bond motifs is 1. The molecule has 0 bridgehead atoms. The Kier molecular flexibility index (Phi) is 2.32. The molecule has 0 aliphatic rings. The van der Waals surface area contributed by atoms with E-state index in [-0.39, 0.29) is 0 Å². The van der Waals surface area contributed by atoms with E-state index in [2.05, 4.69) is 20.1 Å². The van der Waals surface area contributed by atoms with Crippen LogP contribution in [0, 0.1) is 0 Å². The van der Waals surface area contributed by atoms with Crippen LogP contribution in [0.3, 0.4) is 0 Å². The van der Waals surface area contributed by atoms with E-state index in [1.807, 2.05) is 36.5 Å². The van der Waals surface area contributed by atoms with E-state index in [1.54, 1.807) is 17.1 Å². The third-order valence-electron chi connectivity index (χ3n) is 2.94. The third kappa shape index (κ3) is 1.74. The molecule has 0 unspecified atom stereocenters. The molecule has 3 aromatic heterocycles.